The Morgan fingerprint density at radius 1 is 0.429 bits per heavy atom. The Bertz CT molecular complexity index is 2730. The first-order valence-electron chi connectivity index (χ1n) is 16.6. The van der Waals surface area contributed by atoms with Crippen LogP contribution in [0.15, 0.2) is 178 Å². The lowest BCUT2D eigenvalue weighted by Crippen LogP contribution is -2.36. The van der Waals surface area contributed by atoms with Crippen LogP contribution in [0.3, 0.4) is 0 Å². The van der Waals surface area contributed by atoms with Gasteiger partial charge < -0.3 is 9.73 Å². The molecule has 0 fully saturated rings. The molecule has 49 heavy (non-hydrogen) atoms. The van der Waals surface area contributed by atoms with E-state index in [0.717, 1.165) is 66.8 Å². The Balaban J connectivity index is 1.11. The fourth-order valence-corrected chi connectivity index (χ4v) is 7.17. The highest BCUT2D eigenvalue weighted by molar-refractivity contribution is 6.17. The lowest BCUT2D eigenvalue weighted by Gasteiger charge is -2.23. The van der Waals surface area contributed by atoms with Crippen LogP contribution < -0.4 is 5.32 Å². The van der Waals surface area contributed by atoms with E-state index in [2.05, 4.69) is 151 Å². The number of fused-ring (bicyclic) bond motifs is 6. The summed E-state index contributed by atoms with van der Waals surface area (Å²) in [6.45, 7) is 0. The number of nitrogens with one attached hydrogen (secondary N) is 1. The predicted molar refractivity (Wildman–Crippen MR) is 204 cm³/mol. The summed E-state index contributed by atoms with van der Waals surface area (Å²) in [5, 5.41) is 12.9. The Hall–Kier alpha value is -6.52. The monoisotopic (exact) mass is 627 g/mol. The SMILES string of the molecule is c1ccc2cc(C3=NC(c4ccc5ccc(-c6cccc7oc8ccccc8c67)cc5c4)N=C(c4ccc5ccccc5c4)N3)ccc2c1. The van der Waals surface area contributed by atoms with E-state index in [0.29, 0.717) is 0 Å². The summed E-state index contributed by atoms with van der Waals surface area (Å²) >= 11 is 0. The van der Waals surface area contributed by atoms with Crippen LogP contribution in [-0.2, 0) is 0 Å². The van der Waals surface area contributed by atoms with Crippen LogP contribution >= 0.6 is 0 Å². The zero-order chi connectivity index (χ0) is 32.3. The number of furan rings is 1. The van der Waals surface area contributed by atoms with E-state index >= 15 is 0 Å². The molecular formula is C45H29N3O. The summed E-state index contributed by atoms with van der Waals surface area (Å²) in [6.07, 6.45) is -0.418. The van der Waals surface area contributed by atoms with Gasteiger partial charge in [-0.15, -0.1) is 0 Å². The second-order valence-corrected chi connectivity index (χ2v) is 12.7. The summed E-state index contributed by atoms with van der Waals surface area (Å²) in [7, 11) is 0. The van der Waals surface area contributed by atoms with E-state index in [1.807, 2.05) is 18.2 Å². The maximum atomic E-state index is 6.21. The molecule has 1 N–H and O–H groups in total. The summed E-state index contributed by atoms with van der Waals surface area (Å²) in [5.41, 5.74) is 7.20. The van der Waals surface area contributed by atoms with Crippen molar-refractivity contribution in [2.75, 3.05) is 0 Å². The maximum Gasteiger partial charge on any atom is 0.169 e. The minimum Gasteiger partial charge on any atom is -0.456 e. The largest absolute Gasteiger partial charge is 0.456 e. The van der Waals surface area contributed by atoms with Crippen LogP contribution in [0, 0.1) is 0 Å². The molecule has 4 heteroatoms. The molecule has 0 bridgehead atoms. The van der Waals surface area contributed by atoms with E-state index in [1.54, 1.807) is 0 Å². The van der Waals surface area contributed by atoms with Gasteiger partial charge in [0, 0.05) is 21.9 Å². The van der Waals surface area contributed by atoms with Gasteiger partial charge in [-0.3, -0.25) is 0 Å². The number of hydrogen-bond acceptors (Lipinski definition) is 4. The van der Waals surface area contributed by atoms with Crippen molar-refractivity contribution in [2.24, 2.45) is 9.98 Å². The normalized spacial score (nSPS) is 13.6. The molecule has 4 nitrogen and oxygen atoms in total. The first-order valence-corrected chi connectivity index (χ1v) is 16.6. The second-order valence-electron chi connectivity index (χ2n) is 12.7. The number of rotatable bonds is 4. The molecule has 0 spiro atoms. The van der Waals surface area contributed by atoms with Crippen LogP contribution in [0.5, 0.6) is 0 Å². The molecule has 0 amide bonds. The fourth-order valence-electron chi connectivity index (χ4n) is 7.17. The molecule has 1 aliphatic heterocycles. The van der Waals surface area contributed by atoms with E-state index in [-0.39, 0.29) is 0 Å². The molecule has 0 radical (unpaired) electrons. The van der Waals surface area contributed by atoms with Gasteiger partial charge in [0.25, 0.3) is 0 Å². The standard InChI is InChI=1S/C45H29N3O/c1-3-10-31-24-34(21-17-28(31)8-1)43-46-44(35-22-18-29-9-2-4-11-32(29)25-35)48-45(47-43)36-23-19-30-16-20-33(26-37(30)27-36)38-13-7-15-41-42(38)39-12-5-6-14-40(39)49-41/h1-27,45H,(H,46,47,48). The Kier molecular flexibility index (Phi) is 6.21. The van der Waals surface area contributed by atoms with E-state index < -0.39 is 6.17 Å². The predicted octanol–water partition coefficient (Wildman–Crippen LogP) is 11.2. The van der Waals surface area contributed by atoms with Crippen molar-refractivity contribution < 1.29 is 4.42 Å². The fraction of sp³-hybridized carbons (Fsp3) is 0.0222. The lowest BCUT2D eigenvalue weighted by atomic mass is 9.96. The summed E-state index contributed by atoms with van der Waals surface area (Å²) in [5.74, 6) is 1.61. The van der Waals surface area contributed by atoms with Crippen molar-refractivity contribution in [1.82, 2.24) is 5.32 Å². The van der Waals surface area contributed by atoms with Crippen LogP contribution in [0.4, 0.5) is 0 Å². The van der Waals surface area contributed by atoms with Gasteiger partial charge in [0.05, 0.1) is 0 Å². The molecule has 0 aliphatic carbocycles. The molecule has 230 valence electrons. The van der Waals surface area contributed by atoms with Gasteiger partial charge in [-0.05, 0) is 85.4 Å². The van der Waals surface area contributed by atoms with Gasteiger partial charge in [0.1, 0.15) is 22.8 Å². The third kappa shape index (κ3) is 4.77. The molecule has 0 unspecified atom stereocenters. The van der Waals surface area contributed by atoms with Gasteiger partial charge in [-0.2, -0.15) is 0 Å². The van der Waals surface area contributed by atoms with Crippen molar-refractivity contribution in [3.05, 3.63) is 180 Å². The molecule has 0 atom stereocenters. The van der Waals surface area contributed by atoms with Crippen molar-refractivity contribution in [3.8, 4) is 11.1 Å². The molecule has 0 saturated heterocycles. The topological polar surface area (TPSA) is 49.9 Å². The zero-order valence-corrected chi connectivity index (χ0v) is 26.5. The lowest BCUT2D eigenvalue weighted by molar-refractivity contribution is 0.669. The number of hydrogen-bond donors (Lipinski definition) is 1. The smallest absolute Gasteiger partial charge is 0.169 e. The number of amidine groups is 2. The van der Waals surface area contributed by atoms with E-state index in [4.69, 9.17) is 14.4 Å². The molecule has 1 aromatic heterocycles. The molecular weight excluding hydrogens is 599 g/mol. The maximum absolute atomic E-state index is 6.21. The Morgan fingerprint density at radius 2 is 0.980 bits per heavy atom. The third-order valence-electron chi connectivity index (χ3n) is 9.66. The first-order chi connectivity index (χ1) is 24.2. The van der Waals surface area contributed by atoms with Gasteiger partial charge >= 0.3 is 0 Å². The average Bonchev–Trinajstić information content (AvgIpc) is 3.56. The summed E-state index contributed by atoms with van der Waals surface area (Å²) in [6, 6.07) is 57.7. The van der Waals surface area contributed by atoms with Crippen LogP contribution in [0.1, 0.15) is 22.9 Å². The van der Waals surface area contributed by atoms with Crippen molar-refractivity contribution in [2.45, 2.75) is 6.17 Å². The minimum absolute atomic E-state index is 0.418. The molecule has 10 rings (SSSR count). The number of para-hydroxylation sites is 1. The Morgan fingerprint density at radius 3 is 1.69 bits per heavy atom. The highest BCUT2D eigenvalue weighted by Gasteiger charge is 2.22. The van der Waals surface area contributed by atoms with Crippen LogP contribution in [0.25, 0.3) is 65.4 Å². The van der Waals surface area contributed by atoms with Crippen molar-refractivity contribution >= 4 is 65.9 Å². The van der Waals surface area contributed by atoms with Gasteiger partial charge in [0.15, 0.2) is 6.17 Å². The molecule has 0 saturated carbocycles. The van der Waals surface area contributed by atoms with Crippen molar-refractivity contribution in [1.29, 1.82) is 0 Å². The summed E-state index contributed by atoms with van der Waals surface area (Å²) in [4.78, 5) is 10.5. The second kappa shape index (κ2) is 11.0. The highest BCUT2D eigenvalue weighted by Crippen LogP contribution is 2.38. The van der Waals surface area contributed by atoms with Crippen LogP contribution in [0.2, 0.25) is 0 Å². The number of nitrogens with zero attached hydrogens (tertiary/aromatic N) is 2. The molecule has 9 aromatic rings. The quantitative estimate of drug-likeness (QED) is 0.211. The van der Waals surface area contributed by atoms with Gasteiger partial charge in [-0.1, -0.05) is 127 Å². The molecule has 1 aliphatic rings. The number of aliphatic imine (C=N–C) groups is 2. The Labute approximate surface area is 282 Å². The van der Waals surface area contributed by atoms with E-state index in [1.165, 1.54) is 26.9 Å². The number of benzene rings is 8. The average molecular weight is 628 g/mol. The molecule has 8 aromatic carbocycles. The highest BCUT2D eigenvalue weighted by atomic mass is 16.3. The van der Waals surface area contributed by atoms with Crippen LogP contribution in [-0.4, -0.2) is 11.7 Å². The minimum atomic E-state index is -0.418. The van der Waals surface area contributed by atoms with Crippen molar-refractivity contribution in [3.63, 3.8) is 0 Å². The third-order valence-corrected chi connectivity index (χ3v) is 9.66. The van der Waals surface area contributed by atoms with E-state index in [9.17, 15) is 0 Å². The first kappa shape index (κ1) is 27.6. The zero-order valence-electron chi connectivity index (χ0n) is 26.5. The molecule has 2 heterocycles. The summed E-state index contributed by atoms with van der Waals surface area (Å²) < 4.78 is 6.21. The van der Waals surface area contributed by atoms with Gasteiger partial charge in [-0.25, -0.2) is 9.98 Å². The van der Waals surface area contributed by atoms with Gasteiger partial charge in [0.2, 0.25) is 0 Å².